The second-order valence-electron chi connectivity index (χ2n) is 7.74. The molecule has 0 aromatic rings. The second-order valence-corrected chi connectivity index (χ2v) is 7.74. The van der Waals surface area contributed by atoms with Crippen molar-refractivity contribution in [3.05, 3.63) is 0 Å². The maximum absolute atomic E-state index is 6.18. The Hall–Kier alpha value is -0.200. The average molecular weight is 325 g/mol. The van der Waals surface area contributed by atoms with Crippen LogP contribution in [-0.2, 0) is 18.9 Å². The molecule has 4 saturated heterocycles. The van der Waals surface area contributed by atoms with Gasteiger partial charge >= 0.3 is 0 Å². The van der Waals surface area contributed by atoms with Gasteiger partial charge in [-0.2, -0.15) is 0 Å². The van der Waals surface area contributed by atoms with Crippen LogP contribution in [0.4, 0.5) is 0 Å². The van der Waals surface area contributed by atoms with Gasteiger partial charge in [-0.15, -0.1) is 0 Å². The lowest BCUT2D eigenvalue weighted by Crippen LogP contribution is -2.68. The first-order chi connectivity index (χ1) is 11.4. The van der Waals surface area contributed by atoms with Gasteiger partial charge in [0.2, 0.25) is 0 Å². The lowest BCUT2D eigenvalue weighted by Gasteiger charge is -2.54. The number of hydrogen-bond acceptors (Lipinski definition) is 5. The molecule has 132 valence electrons. The van der Waals surface area contributed by atoms with E-state index in [0.717, 1.165) is 78.6 Å². The van der Waals surface area contributed by atoms with Gasteiger partial charge in [0.05, 0.1) is 12.2 Å². The van der Waals surface area contributed by atoms with Gasteiger partial charge < -0.3 is 18.9 Å². The van der Waals surface area contributed by atoms with Crippen LogP contribution in [0.5, 0.6) is 0 Å². The fourth-order valence-electron chi connectivity index (χ4n) is 4.61. The van der Waals surface area contributed by atoms with E-state index in [9.17, 15) is 0 Å². The van der Waals surface area contributed by atoms with E-state index in [1.165, 1.54) is 12.8 Å². The minimum absolute atomic E-state index is 0.0913. The van der Waals surface area contributed by atoms with Crippen LogP contribution in [-0.4, -0.2) is 75.9 Å². The molecular formula is C18H31NO4. The van der Waals surface area contributed by atoms with Gasteiger partial charge in [0.1, 0.15) is 0 Å². The Morgan fingerprint density at radius 1 is 0.826 bits per heavy atom. The van der Waals surface area contributed by atoms with Crippen LogP contribution in [0.2, 0.25) is 0 Å². The normalized spacial score (nSPS) is 33.1. The summed E-state index contributed by atoms with van der Waals surface area (Å²) >= 11 is 0. The van der Waals surface area contributed by atoms with Crippen molar-refractivity contribution < 1.29 is 18.9 Å². The molecule has 4 rings (SSSR count). The molecule has 5 nitrogen and oxygen atoms in total. The summed E-state index contributed by atoms with van der Waals surface area (Å²) in [7, 11) is 0. The van der Waals surface area contributed by atoms with Crippen LogP contribution < -0.4 is 0 Å². The van der Waals surface area contributed by atoms with E-state index in [1.54, 1.807) is 0 Å². The summed E-state index contributed by atoms with van der Waals surface area (Å²) in [5.74, 6) is 1.28. The summed E-state index contributed by atoms with van der Waals surface area (Å²) < 4.78 is 23.2. The zero-order chi connectivity index (χ0) is 15.5. The standard InChI is InChI=1S/C18H31NO4/c1-6-20-7-2-15(1)11-22-12-16-3-10-23-18(16)13-19(14-18)17-4-8-21-9-5-17/h15-17H,1-14H2/t16-/m0/s1. The Kier molecular flexibility index (Phi) is 5.21. The van der Waals surface area contributed by atoms with Crippen molar-refractivity contribution in [3.63, 3.8) is 0 Å². The zero-order valence-electron chi connectivity index (χ0n) is 14.2. The number of likely N-dealkylation sites (tertiary alicyclic amines) is 1. The molecule has 5 heteroatoms. The molecular weight excluding hydrogens is 294 g/mol. The van der Waals surface area contributed by atoms with Crippen molar-refractivity contribution in [3.8, 4) is 0 Å². The number of rotatable bonds is 5. The predicted octanol–water partition coefficient (Wildman–Crippen LogP) is 1.70. The lowest BCUT2D eigenvalue weighted by molar-refractivity contribution is -0.164. The van der Waals surface area contributed by atoms with E-state index in [1.807, 2.05) is 0 Å². The molecule has 0 aromatic heterocycles. The average Bonchev–Trinajstić information content (AvgIpc) is 2.99. The van der Waals surface area contributed by atoms with Gasteiger partial charge in [-0.25, -0.2) is 0 Å². The van der Waals surface area contributed by atoms with Crippen molar-refractivity contribution >= 4 is 0 Å². The largest absolute Gasteiger partial charge is 0.381 e. The second kappa shape index (κ2) is 7.36. The fraction of sp³-hybridized carbons (Fsp3) is 1.00. The quantitative estimate of drug-likeness (QED) is 0.769. The lowest BCUT2D eigenvalue weighted by atomic mass is 9.79. The van der Waals surface area contributed by atoms with Crippen molar-refractivity contribution in [2.45, 2.75) is 43.7 Å². The molecule has 1 atom stereocenters. The molecule has 1 spiro atoms. The molecule has 0 saturated carbocycles. The van der Waals surface area contributed by atoms with Gasteiger partial charge in [-0.3, -0.25) is 4.90 Å². The van der Waals surface area contributed by atoms with Crippen LogP contribution >= 0.6 is 0 Å². The Balaban J connectivity index is 1.21. The van der Waals surface area contributed by atoms with Gasteiger partial charge in [-0.1, -0.05) is 0 Å². The number of ether oxygens (including phenoxy) is 4. The van der Waals surface area contributed by atoms with Crippen LogP contribution in [0.1, 0.15) is 32.1 Å². The van der Waals surface area contributed by atoms with Crippen LogP contribution in [0, 0.1) is 11.8 Å². The molecule has 4 aliphatic rings. The van der Waals surface area contributed by atoms with Crippen molar-refractivity contribution in [2.75, 3.05) is 59.3 Å². The molecule has 0 N–H and O–H groups in total. The van der Waals surface area contributed by atoms with E-state index in [4.69, 9.17) is 18.9 Å². The molecule has 0 unspecified atom stereocenters. The molecule has 4 fully saturated rings. The van der Waals surface area contributed by atoms with E-state index < -0.39 is 0 Å². The highest BCUT2D eigenvalue weighted by Crippen LogP contribution is 2.42. The number of nitrogens with zero attached hydrogens (tertiary/aromatic N) is 1. The first kappa shape index (κ1) is 16.3. The maximum Gasteiger partial charge on any atom is 0.0985 e. The summed E-state index contributed by atoms with van der Waals surface area (Å²) in [6.45, 7) is 8.55. The zero-order valence-corrected chi connectivity index (χ0v) is 14.2. The van der Waals surface area contributed by atoms with Crippen molar-refractivity contribution in [1.82, 2.24) is 4.90 Å². The molecule has 4 heterocycles. The first-order valence-electron chi connectivity index (χ1n) is 9.47. The molecule has 0 amide bonds. The van der Waals surface area contributed by atoms with E-state index in [-0.39, 0.29) is 5.60 Å². The molecule has 0 radical (unpaired) electrons. The van der Waals surface area contributed by atoms with Gasteiger partial charge in [0.25, 0.3) is 0 Å². The van der Waals surface area contributed by atoms with Crippen LogP contribution in [0.3, 0.4) is 0 Å². The van der Waals surface area contributed by atoms with Gasteiger partial charge in [-0.05, 0) is 38.0 Å². The Bertz CT molecular complexity index is 373. The highest BCUT2D eigenvalue weighted by atomic mass is 16.5. The van der Waals surface area contributed by atoms with E-state index in [2.05, 4.69) is 4.90 Å². The van der Waals surface area contributed by atoms with E-state index in [0.29, 0.717) is 17.9 Å². The third-order valence-corrected chi connectivity index (χ3v) is 6.26. The van der Waals surface area contributed by atoms with Crippen molar-refractivity contribution in [2.24, 2.45) is 11.8 Å². The summed E-state index contributed by atoms with van der Waals surface area (Å²) in [5, 5.41) is 0. The monoisotopic (exact) mass is 325 g/mol. The summed E-state index contributed by atoms with van der Waals surface area (Å²) in [4.78, 5) is 2.61. The maximum atomic E-state index is 6.18. The molecule has 0 aliphatic carbocycles. The minimum Gasteiger partial charge on any atom is -0.381 e. The summed E-state index contributed by atoms with van der Waals surface area (Å²) in [6, 6.07) is 0.711. The van der Waals surface area contributed by atoms with Gasteiger partial charge in [0.15, 0.2) is 0 Å². The smallest absolute Gasteiger partial charge is 0.0985 e. The molecule has 4 aliphatic heterocycles. The summed E-state index contributed by atoms with van der Waals surface area (Å²) in [5.41, 5.74) is 0.0913. The third-order valence-electron chi connectivity index (χ3n) is 6.26. The third kappa shape index (κ3) is 3.59. The topological polar surface area (TPSA) is 40.2 Å². The summed E-state index contributed by atoms with van der Waals surface area (Å²) in [6.07, 6.45) is 5.84. The highest BCUT2D eigenvalue weighted by molar-refractivity contribution is 5.06. The van der Waals surface area contributed by atoms with Gasteiger partial charge in [0, 0.05) is 64.7 Å². The predicted molar refractivity (Wildman–Crippen MR) is 86.6 cm³/mol. The molecule has 0 bridgehead atoms. The highest BCUT2D eigenvalue weighted by Gasteiger charge is 2.54. The Morgan fingerprint density at radius 2 is 1.52 bits per heavy atom. The number of hydrogen-bond donors (Lipinski definition) is 0. The Labute approximate surface area is 139 Å². The van der Waals surface area contributed by atoms with E-state index >= 15 is 0 Å². The van der Waals surface area contributed by atoms with Crippen LogP contribution in [0.15, 0.2) is 0 Å². The molecule has 23 heavy (non-hydrogen) atoms. The van der Waals surface area contributed by atoms with Crippen LogP contribution in [0.25, 0.3) is 0 Å². The van der Waals surface area contributed by atoms with Crippen molar-refractivity contribution in [1.29, 1.82) is 0 Å². The molecule has 0 aromatic carbocycles. The Morgan fingerprint density at radius 3 is 2.26 bits per heavy atom. The SMILES string of the molecule is C1CC(COC[C@@H]2CCOC23CN(C2CCOCC2)C3)CCO1. The fourth-order valence-corrected chi connectivity index (χ4v) is 4.61. The minimum atomic E-state index is 0.0913. The first-order valence-corrected chi connectivity index (χ1v) is 9.47.